The molecule has 3 atom stereocenters. The van der Waals surface area contributed by atoms with Crippen LogP contribution in [-0.2, 0) is 4.79 Å². The second-order valence-corrected chi connectivity index (χ2v) is 5.62. The van der Waals surface area contributed by atoms with Crippen molar-refractivity contribution in [1.29, 1.82) is 0 Å². The van der Waals surface area contributed by atoms with Crippen molar-refractivity contribution in [1.82, 2.24) is 9.97 Å². The van der Waals surface area contributed by atoms with E-state index in [1.54, 1.807) is 24.7 Å². The van der Waals surface area contributed by atoms with Gasteiger partial charge in [-0.1, -0.05) is 6.92 Å². The first-order chi connectivity index (χ1) is 9.58. The van der Waals surface area contributed by atoms with E-state index in [1.165, 1.54) is 0 Å². The van der Waals surface area contributed by atoms with Crippen LogP contribution in [0.3, 0.4) is 0 Å². The number of ketones is 1. The van der Waals surface area contributed by atoms with Crippen LogP contribution >= 0.6 is 0 Å². The highest BCUT2D eigenvalue weighted by Crippen LogP contribution is 2.39. The van der Waals surface area contributed by atoms with Gasteiger partial charge in [-0.3, -0.25) is 14.6 Å². The Hall–Kier alpha value is -2.17. The van der Waals surface area contributed by atoms with Gasteiger partial charge in [0.25, 0.3) is 0 Å². The average molecular weight is 272 g/mol. The van der Waals surface area contributed by atoms with Gasteiger partial charge in [-0.2, -0.15) is 0 Å². The lowest BCUT2D eigenvalue weighted by Crippen LogP contribution is -2.25. The maximum absolute atomic E-state index is 12.7. The van der Waals surface area contributed by atoms with Crippen molar-refractivity contribution in [2.45, 2.75) is 19.8 Å². The minimum absolute atomic E-state index is 0.0824. The van der Waals surface area contributed by atoms with Crippen molar-refractivity contribution < 1.29 is 14.7 Å². The molecule has 2 N–H and O–H groups in total. The summed E-state index contributed by atoms with van der Waals surface area (Å²) in [4.78, 5) is 31.1. The van der Waals surface area contributed by atoms with Gasteiger partial charge >= 0.3 is 5.97 Å². The number of hydrogen-bond acceptors (Lipinski definition) is 3. The van der Waals surface area contributed by atoms with Crippen LogP contribution in [0.15, 0.2) is 24.7 Å². The number of carbonyl (C=O) groups is 2. The monoisotopic (exact) mass is 272 g/mol. The largest absolute Gasteiger partial charge is 0.481 e. The zero-order chi connectivity index (χ0) is 14.3. The zero-order valence-corrected chi connectivity index (χ0v) is 11.2. The van der Waals surface area contributed by atoms with Crippen molar-refractivity contribution in [3.63, 3.8) is 0 Å². The van der Waals surface area contributed by atoms with E-state index < -0.39 is 17.8 Å². The molecular formula is C15H16N2O3. The fourth-order valence-electron chi connectivity index (χ4n) is 3.22. The molecule has 0 amide bonds. The molecule has 2 aromatic rings. The van der Waals surface area contributed by atoms with E-state index in [2.05, 4.69) is 9.97 Å². The van der Waals surface area contributed by atoms with E-state index in [1.807, 2.05) is 6.92 Å². The van der Waals surface area contributed by atoms with E-state index >= 15 is 0 Å². The number of rotatable bonds is 3. The molecule has 0 saturated heterocycles. The summed E-state index contributed by atoms with van der Waals surface area (Å²) in [5.41, 5.74) is 1.40. The molecule has 2 aromatic heterocycles. The van der Waals surface area contributed by atoms with Crippen molar-refractivity contribution >= 4 is 22.7 Å². The Balaban J connectivity index is 1.98. The molecule has 2 heterocycles. The predicted molar refractivity (Wildman–Crippen MR) is 73.4 cm³/mol. The summed E-state index contributed by atoms with van der Waals surface area (Å²) in [6.45, 7) is 2.00. The second kappa shape index (κ2) is 4.74. The van der Waals surface area contributed by atoms with Gasteiger partial charge in [0, 0.05) is 41.0 Å². The topological polar surface area (TPSA) is 83.0 Å². The molecule has 1 aliphatic rings. The van der Waals surface area contributed by atoms with Crippen LogP contribution < -0.4 is 0 Å². The van der Waals surface area contributed by atoms with E-state index in [0.29, 0.717) is 18.4 Å². The number of aromatic nitrogens is 2. The fraction of sp³-hybridized carbons (Fsp3) is 0.400. The van der Waals surface area contributed by atoms with Crippen LogP contribution in [0.1, 0.15) is 30.1 Å². The van der Waals surface area contributed by atoms with Crippen molar-refractivity contribution in [3.05, 3.63) is 30.2 Å². The molecule has 0 aliphatic heterocycles. The maximum Gasteiger partial charge on any atom is 0.307 e. The number of aliphatic carboxylic acids is 1. The predicted octanol–water partition coefficient (Wildman–Crippen LogP) is 2.49. The fourth-order valence-corrected chi connectivity index (χ4v) is 3.22. The van der Waals surface area contributed by atoms with Crippen LogP contribution in [0.5, 0.6) is 0 Å². The minimum Gasteiger partial charge on any atom is -0.481 e. The highest BCUT2D eigenvalue weighted by atomic mass is 16.4. The van der Waals surface area contributed by atoms with Gasteiger partial charge in [0.05, 0.1) is 5.92 Å². The minimum atomic E-state index is -0.870. The number of carbonyl (C=O) groups excluding carboxylic acids is 1. The van der Waals surface area contributed by atoms with E-state index in [-0.39, 0.29) is 11.7 Å². The first-order valence-corrected chi connectivity index (χ1v) is 6.76. The number of nitrogens with one attached hydrogen (secondary N) is 1. The van der Waals surface area contributed by atoms with Crippen LogP contribution in [0.25, 0.3) is 10.9 Å². The summed E-state index contributed by atoms with van der Waals surface area (Å²) in [5.74, 6) is -1.68. The Bertz CT molecular complexity index is 677. The van der Waals surface area contributed by atoms with Crippen LogP contribution in [0.4, 0.5) is 0 Å². The smallest absolute Gasteiger partial charge is 0.307 e. The molecule has 5 heteroatoms. The second-order valence-electron chi connectivity index (χ2n) is 5.62. The van der Waals surface area contributed by atoms with E-state index in [4.69, 9.17) is 0 Å². The highest BCUT2D eigenvalue weighted by molar-refractivity contribution is 6.09. The molecule has 1 aliphatic carbocycles. The molecule has 1 fully saturated rings. The molecule has 5 nitrogen and oxygen atoms in total. The van der Waals surface area contributed by atoms with Gasteiger partial charge in [-0.15, -0.1) is 0 Å². The van der Waals surface area contributed by atoms with Gasteiger partial charge in [-0.05, 0) is 24.8 Å². The molecule has 0 bridgehead atoms. The third kappa shape index (κ3) is 1.99. The number of H-pyrrole nitrogens is 1. The van der Waals surface area contributed by atoms with Crippen LogP contribution in [0, 0.1) is 17.8 Å². The normalized spacial score (nSPS) is 25.9. The first-order valence-electron chi connectivity index (χ1n) is 6.76. The van der Waals surface area contributed by atoms with Crippen molar-refractivity contribution in [2.75, 3.05) is 0 Å². The molecule has 0 spiro atoms. The third-order valence-electron chi connectivity index (χ3n) is 4.20. The Morgan fingerprint density at radius 3 is 2.85 bits per heavy atom. The van der Waals surface area contributed by atoms with Crippen LogP contribution in [-0.4, -0.2) is 26.8 Å². The van der Waals surface area contributed by atoms with Crippen LogP contribution in [0.2, 0.25) is 0 Å². The summed E-state index contributed by atoms with van der Waals surface area (Å²) in [5, 5.41) is 10.1. The van der Waals surface area contributed by atoms with Gasteiger partial charge in [0.15, 0.2) is 5.78 Å². The molecule has 0 aromatic carbocycles. The van der Waals surface area contributed by atoms with Gasteiger partial charge in [0.1, 0.15) is 0 Å². The molecule has 3 unspecified atom stereocenters. The Kier molecular flexibility index (Phi) is 3.04. The number of hydrogen-bond donors (Lipinski definition) is 2. The van der Waals surface area contributed by atoms with E-state index in [9.17, 15) is 14.7 Å². The van der Waals surface area contributed by atoms with Crippen molar-refractivity contribution in [2.24, 2.45) is 17.8 Å². The van der Waals surface area contributed by atoms with E-state index in [0.717, 1.165) is 10.9 Å². The summed E-state index contributed by atoms with van der Waals surface area (Å²) in [6, 6.07) is 1.80. The summed E-state index contributed by atoms with van der Waals surface area (Å²) in [7, 11) is 0. The molecule has 3 rings (SSSR count). The number of pyridine rings is 1. The van der Waals surface area contributed by atoms with Gasteiger partial charge in [0.2, 0.25) is 0 Å². The average Bonchev–Trinajstić information content (AvgIpc) is 3.01. The number of fused-ring (bicyclic) bond motifs is 1. The Labute approximate surface area is 116 Å². The summed E-state index contributed by atoms with van der Waals surface area (Å²) < 4.78 is 0. The molecule has 0 radical (unpaired) electrons. The number of carboxylic acids is 1. The molecule has 104 valence electrons. The number of aromatic amines is 1. The summed E-state index contributed by atoms with van der Waals surface area (Å²) in [6.07, 6.45) is 6.18. The molecule has 1 saturated carbocycles. The molecular weight excluding hydrogens is 256 g/mol. The Morgan fingerprint density at radius 2 is 2.10 bits per heavy atom. The molecule has 20 heavy (non-hydrogen) atoms. The van der Waals surface area contributed by atoms with Gasteiger partial charge < -0.3 is 10.1 Å². The SMILES string of the molecule is CC1CC(C(=O)O)C(C(=O)c2c[nH]c3ccncc23)C1. The lowest BCUT2D eigenvalue weighted by molar-refractivity contribution is -0.142. The standard InChI is InChI=1S/C15H16N2O3/c1-8-4-9(10(5-8)15(19)20)14(18)12-7-17-13-2-3-16-6-11(12)13/h2-3,6-10,17H,4-5H2,1H3,(H,19,20). The third-order valence-corrected chi connectivity index (χ3v) is 4.20. The lowest BCUT2D eigenvalue weighted by atomic mass is 9.88. The Morgan fingerprint density at radius 1 is 1.35 bits per heavy atom. The quantitative estimate of drug-likeness (QED) is 0.841. The maximum atomic E-state index is 12.7. The van der Waals surface area contributed by atoms with Gasteiger partial charge in [-0.25, -0.2) is 0 Å². The lowest BCUT2D eigenvalue weighted by Gasteiger charge is -2.13. The number of carboxylic acid groups (broad SMARTS) is 1. The first kappa shape index (κ1) is 12.8. The van der Waals surface area contributed by atoms with Crippen molar-refractivity contribution in [3.8, 4) is 0 Å². The zero-order valence-electron chi connectivity index (χ0n) is 11.2. The number of Topliss-reactive ketones (excluding diaryl/α,β-unsaturated/α-hetero) is 1. The summed E-state index contributed by atoms with van der Waals surface area (Å²) >= 11 is 0. The highest BCUT2D eigenvalue weighted by Gasteiger charge is 2.41. The number of nitrogens with zero attached hydrogens (tertiary/aromatic N) is 1.